The van der Waals surface area contributed by atoms with E-state index < -0.39 is 35.4 Å². The Labute approximate surface area is 119 Å². The molecule has 2 rings (SSSR count). The van der Waals surface area contributed by atoms with E-state index in [0.29, 0.717) is 0 Å². The molecule has 2 nitrogen and oxygen atoms in total. The molecule has 1 aromatic carbocycles. The van der Waals surface area contributed by atoms with Gasteiger partial charge in [0, 0.05) is 11.3 Å². The summed E-state index contributed by atoms with van der Waals surface area (Å²) in [6, 6.07) is 3.73. The van der Waals surface area contributed by atoms with Gasteiger partial charge in [-0.2, -0.15) is 0 Å². The lowest BCUT2D eigenvalue weighted by Crippen LogP contribution is -2.60. The van der Waals surface area contributed by atoms with Gasteiger partial charge in [-0.25, -0.2) is 17.6 Å². The van der Waals surface area contributed by atoms with Gasteiger partial charge in [0.15, 0.2) is 5.67 Å². The van der Waals surface area contributed by atoms with Crippen LogP contribution in [0.2, 0.25) is 0 Å². The Morgan fingerprint density at radius 1 is 1.25 bits per heavy atom. The summed E-state index contributed by atoms with van der Waals surface area (Å²) >= 11 is 4.78. The molecule has 1 saturated heterocycles. The van der Waals surface area contributed by atoms with Crippen LogP contribution in [0.15, 0.2) is 18.2 Å². The molecule has 0 amide bonds. The average molecular weight is 306 g/mol. The van der Waals surface area contributed by atoms with E-state index in [1.165, 1.54) is 12.1 Å². The zero-order chi connectivity index (χ0) is 15.0. The van der Waals surface area contributed by atoms with Crippen LogP contribution >= 0.6 is 12.2 Å². The molecule has 2 atom stereocenters. The van der Waals surface area contributed by atoms with Crippen molar-refractivity contribution in [1.29, 1.82) is 0 Å². The monoisotopic (exact) mass is 306 g/mol. The molecule has 110 valence electrons. The molecule has 1 aliphatic rings. The third-order valence-corrected chi connectivity index (χ3v) is 4.12. The highest BCUT2D eigenvalue weighted by atomic mass is 32.1. The first kappa shape index (κ1) is 15.0. The number of hydrogen-bond donors (Lipinski definition) is 2. The topological polar surface area (TPSA) is 38.0 Å². The van der Waals surface area contributed by atoms with Crippen molar-refractivity contribution in [3.8, 4) is 0 Å². The summed E-state index contributed by atoms with van der Waals surface area (Å²) in [7, 11) is 0. The molecule has 0 bridgehead atoms. The standard InChI is InChI=1S/C13H14F4N2S/c14-6-12(17)3-4-13(7-15,19-11(12)20)9-5-8(18)1-2-10(9)16/h1-2,5H,3-4,6-7,18H2,(H,19,20)/t12-,13-/m1/s1. The Bertz CT molecular complexity index is 539. The maximum Gasteiger partial charge on any atom is 0.188 e. The van der Waals surface area contributed by atoms with Crippen LogP contribution in [0.25, 0.3) is 0 Å². The van der Waals surface area contributed by atoms with Crippen molar-refractivity contribution in [3.63, 3.8) is 0 Å². The Kier molecular flexibility index (Phi) is 3.90. The average Bonchev–Trinajstić information content (AvgIpc) is 2.45. The van der Waals surface area contributed by atoms with Gasteiger partial charge in [-0.05, 0) is 31.0 Å². The number of nitrogens with two attached hydrogens (primary N) is 1. The lowest BCUT2D eigenvalue weighted by molar-refractivity contribution is 0.120. The summed E-state index contributed by atoms with van der Waals surface area (Å²) in [6.07, 6.45) is -0.433. The van der Waals surface area contributed by atoms with Crippen LogP contribution in [0.3, 0.4) is 0 Å². The van der Waals surface area contributed by atoms with Gasteiger partial charge in [0.05, 0.1) is 5.54 Å². The fraction of sp³-hybridized carbons (Fsp3) is 0.462. The highest BCUT2D eigenvalue weighted by Crippen LogP contribution is 2.39. The van der Waals surface area contributed by atoms with Crippen LogP contribution in [0, 0.1) is 5.82 Å². The lowest BCUT2D eigenvalue weighted by atomic mass is 9.79. The van der Waals surface area contributed by atoms with Gasteiger partial charge in [0.1, 0.15) is 24.2 Å². The normalized spacial score (nSPS) is 30.1. The van der Waals surface area contributed by atoms with Gasteiger partial charge in [-0.3, -0.25) is 0 Å². The first-order valence-corrected chi connectivity index (χ1v) is 6.47. The summed E-state index contributed by atoms with van der Waals surface area (Å²) in [5, 5.41) is 2.45. The summed E-state index contributed by atoms with van der Waals surface area (Å²) in [6.45, 7) is -2.30. The number of rotatable bonds is 3. The van der Waals surface area contributed by atoms with Crippen LogP contribution in [-0.4, -0.2) is 24.0 Å². The summed E-state index contributed by atoms with van der Waals surface area (Å²) in [5.41, 5.74) is 1.99. The molecule has 0 aromatic heterocycles. The van der Waals surface area contributed by atoms with Gasteiger partial charge < -0.3 is 11.1 Å². The minimum Gasteiger partial charge on any atom is -0.399 e. The van der Waals surface area contributed by atoms with E-state index in [2.05, 4.69) is 5.32 Å². The Morgan fingerprint density at radius 2 is 1.95 bits per heavy atom. The molecule has 1 heterocycles. The molecule has 1 fully saturated rings. The molecule has 3 N–H and O–H groups in total. The van der Waals surface area contributed by atoms with E-state index in [0.717, 1.165) is 6.07 Å². The van der Waals surface area contributed by atoms with E-state index in [1.54, 1.807) is 0 Å². The second-order valence-electron chi connectivity index (χ2n) is 5.01. The van der Waals surface area contributed by atoms with Gasteiger partial charge in [0.2, 0.25) is 0 Å². The Balaban J connectivity index is 2.42. The van der Waals surface area contributed by atoms with Crippen LogP contribution in [0.1, 0.15) is 18.4 Å². The summed E-state index contributed by atoms with van der Waals surface area (Å²) in [4.78, 5) is -0.439. The highest BCUT2D eigenvalue weighted by molar-refractivity contribution is 7.80. The zero-order valence-corrected chi connectivity index (χ0v) is 11.4. The minimum absolute atomic E-state index is 0.0248. The zero-order valence-electron chi connectivity index (χ0n) is 10.6. The SMILES string of the molecule is Nc1ccc(F)c([C@]2(CF)CC[C@@](F)(CF)C(=S)N2)c1. The minimum atomic E-state index is -2.31. The molecular weight excluding hydrogens is 292 g/mol. The van der Waals surface area contributed by atoms with Crippen molar-refractivity contribution in [3.05, 3.63) is 29.6 Å². The molecule has 1 aromatic rings. The second-order valence-corrected chi connectivity index (χ2v) is 5.42. The molecule has 0 aliphatic carbocycles. The molecule has 0 saturated carbocycles. The molecular formula is C13H14F4N2S. The number of alkyl halides is 3. The summed E-state index contributed by atoms with van der Waals surface area (Å²) < 4.78 is 54.2. The van der Waals surface area contributed by atoms with Crippen LogP contribution < -0.4 is 11.1 Å². The number of piperidine rings is 1. The highest BCUT2D eigenvalue weighted by Gasteiger charge is 2.48. The van der Waals surface area contributed by atoms with Crippen molar-refractivity contribution < 1.29 is 17.6 Å². The fourth-order valence-electron chi connectivity index (χ4n) is 2.33. The van der Waals surface area contributed by atoms with Crippen molar-refractivity contribution >= 4 is 22.9 Å². The molecule has 20 heavy (non-hydrogen) atoms. The molecule has 1 aliphatic heterocycles. The first-order chi connectivity index (χ1) is 9.37. The van der Waals surface area contributed by atoms with Crippen LogP contribution in [0.4, 0.5) is 23.2 Å². The van der Waals surface area contributed by atoms with Crippen molar-refractivity contribution in [2.24, 2.45) is 0 Å². The maximum atomic E-state index is 14.1. The Morgan fingerprint density at radius 3 is 2.50 bits per heavy atom. The van der Waals surface area contributed by atoms with E-state index in [1.807, 2.05) is 0 Å². The van der Waals surface area contributed by atoms with E-state index in [4.69, 9.17) is 18.0 Å². The van der Waals surface area contributed by atoms with Crippen molar-refractivity contribution in [2.45, 2.75) is 24.0 Å². The second kappa shape index (κ2) is 5.20. The molecule has 0 radical (unpaired) electrons. The predicted molar refractivity (Wildman–Crippen MR) is 73.2 cm³/mol. The fourth-order valence-corrected chi connectivity index (χ4v) is 2.68. The molecule has 0 spiro atoms. The largest absolute Gasteiger partial charge is 0.399 e. The molecule has 7 heteroatoms. The van der Waals surface area contributed by atoms with Crippen LogP contribution in [0.5, 0.6) is 0 Å². The van der Waals surface area contributed by atoms with E-state index in [-0.39, 0.29) is 24.1 Å². The number of halogens is 4. The number of nitrogens with one attached hydrogen (secondary N) is 1. The number of hydrogen-bond acceptors (Lipinski definition) is 2. The molecule has 0 unspecified atom stereocenters. The Hall–Kier alpha value is -1.37. The quantitative estimate of drug-likeness (QED) is 0.512. The number of nitrogen functional groups attached to an aromatic ring is 1. The number of anilines is 1. The van der Waals surface area contributed by atoms with Crippen LogP contribution in [-0.2, 0) is 5.54 Å². The van der Waals surface area contributed by atoms with E-state index >= 15 is 0 Å². The predicted octanol–water partition coefficient (Wildman–Crippen LogP) is 2.96. The van der Waals surface area contributed by atoms with Crippen molar-refractivity contribution in [2.75, 3.05) is 19.1 Å². The van der Waals surface area contributed by atoms with Crippen molar-refractivity contribution in [1.82, 2.24) is 5.32 Å². The maximum absolute atomic E-state index is 14.1. The number of benzene rings is 1. The first-order valence-electron chi connectivity index (χ1n) is 6.06. The smallest absolute Gasteiger partial charge is 0.188 e. The lowest BCUT2D eigenvalue weighted by Gasteiger charge is -2.42. The van der Waals surface area contributed by atoms with Gasteiger partial charge in [-0.15, -0.1) is 0 Å². The van der Waals surface area contributed by atoms with Gasteiger partial charge in [-0.1, -0.05) is 12.2 Å². The summed E-state index contributed by atoms with van der Waals surface area (Å²) in [5.74, 6) is -0.668. The van der Waals surface area contributed by atoms with Gasteiger partial charge >= 0.3 is 0 Å². The van der Waals surface area contributed by atoms with Gasteiger partial charge in [0.25, 0.3) is 0 Å². The van der Waals surface area contributed by atoms with E-state index in [9.17, 15) is 17.6 Å². The third-order valence-electron chi connectivity index (χ3n) is 3.65. The number of thiocarbonyl (C=S) groups is 1. The third kappa shape index (κ3) is 2.34.